The zero-order valence-electron chi connectivity index (χ0n) is 10.0. The predicted octanol–water partition coefficient (Wildman–Crippen LogP) is 1.41. The molecule has 1 rings (SSSR count). The third-order valence-electron chi connectivity index (χ3n) is 3.33. The number of hydrogen-bond donors (Lipinski definition) is 1. The topological polar surface area (TPSA) is 70.1 Å². The van der Waals surface area contributed by atoms with Crippen molar-refractivity contribution in [2.24, 2.45) is 5.73 Å². The summed E-state index contributed by atoms with van der Waals surface area (Å²) in [5, 5.41) is 8.55. The molecule has 2 N–H and O–H groups in total. The number of likely N-dealkylation sites (N-methyl/N-ethyl adjacent to an activating group) is 1. The van der Waals surface area contributed by atoms with Crippen molar-refractivity contribution >= 4 is 5.91 Å². The Morgan fingerprint density at radius 3 is 2.56 bits per heavy atom. The number of nitriles is 1. The van der Waals surface area contributed by atoms with Gasteiger partial charge in [-0.25, -0.2) is 0 Å². The number of hydrogen-bond acceptors (Lipinski definition) is 3. The van der Waals surface area contributed by atoms with Gasteiger partial charge in [-0.15, -0.1) is 0 Å². The Morgan fingerprint density at radius 2 is 2.06 bits per heavy atom. The van der Waals surface area contributed by atoms with Crippen molar-refractivity contribution in [3.63, 3.8) is 0 Å². The van der Waals surface area contributed by atoms with E-state index in [0.717, 1.165) is 25.7 Å². The first kappa shape index (κ1) is 13.0. The van der Waals surface area contributed by atoms with Gasteiger partial charge in [0.2, 0.25) is 5.91 Å². The molecule has 0 spiro atoms. The minimum Gasteiger partial charge on any atom is -0.340 e. The van der Waals surface area contributed by atoms with Crippen LogP contribution in [0.1, 0.15) is 45.4 Å². The second kappa shape index (κ2) is 5.86. The third-order valence-corrected chi connectivity index (χ3v) is 3.33. The molecule has 0 aromatic carbocycles. The molecule has 1 aliphatic rings. The number of nitrogens with zero attached hydrogens (tertiary/aromatic N) is 2. The Labute approximate surface area is 97.4 Å². The molecule has 0 bridgehead atoms. The molecule has 4 heteroatoms. The predicted molar refractivity (Wildman–Crippen MR) is 62.5 cm³/mol. The highest BCUT2D eigenvalue weighted by Crippen LogP contribution is 2.27. The van der Waals surface area contributed by atoms with Crippen LogP contribution in [0.25, 0.3) is 0 Å². The molecule has 16 heavy (non-hydrogen) atoms. The minimum absolute atomic E-state index is 0.0324. The molecule has 0 aliphatic heterocycles. The van der Waals surface area contributed by atoms with E-state index < -0.39 is 5.54 Å². The number of nitrogens with two attached hydrogens (primary N) is 1. The van der Waals surface area contributed by atoms with Crippen LogP contribution in [0.15, 0.2) is 0 Å². The lowest BCUT2D eigenvalue weighted by Gasteiger charge is -2.36. The summed E-state index contributed by atoms with van der Waals surface area (Å²) in [6.45, 7) is 3.08. The maximum absolute atomic E-state index is 12.2. The molecular weight excluding hydrogens is 202 g/mol. The van der Waals surface area contributed by atoms with Gasteiger partial charge in [0.1, 0.15) is 0 Å². The van der Waals surface area contributed by atoms with Crippen molar-refractivity contribution in [1.82, 2.24) is 4.90 Å². The van der Waals surface area contributed by atoms with Crippen molar-refractivity contribution in [2.45, 2.75) is 51.0 Å². The van der Waals surface area contributed by atoms with Crippen molar-refractivity contribution < 1.29 is 4.79 Å². The van der Waals surface area contributed by atoms with E-state index in [2.05, 4.69) is 6.07 Å². The van der Waals surface area contributed by atoms with E-state index in [1.165, 1.54) is 6.42 Å². The molecule has 4 nitrogen and oxygen atoms in total. The fraction of sp³-hybridized carbons (Fsp3) is 0.833. The summed E-state index contributed by atoms with van der Waals surface area (Å²) in [5.74, 6) is 0.0324. The summed E-state index contributed by atoms with van der Waals surface area (Å²) in [6.07, 6.45) is 5.21. The summed E-state index contributed by atoms with van der Waals surface area (Å²) in [5.41, 5.74) is 5.51. The van der Waals surface area contributed by atoms with Gasteiger partial charge in [-0.3, -0.25) is 4.79 Å². The fourth-order valence-corrected chi connectivity index (χ4v) is 2.30. The van der Waals surface area contributed by atoms with Gasteiger partial charge >= 0.3 is 0 Å². The molecule has 1 saturated carbocycles. The Morgan fingerprint density at radius 1 is 1.44 bits per heavy atom. The molecule has 1 aliphatic carbocycles. The van der Waals surface area contributed by atoms with Crippen molar-refractivity contribution in [2.75, 3.05) is 13.1 Å². The molecule has 0 aromatic heterocycles. The zero-order chi connectivity index (χ0) is 12.0. The number of rotatable bonds is 4. The molecule has 0 atom stereocenters. The van der Waals surface area contributed by atoms with Crippen molar-refractivity contribution in [1.29, 1.82) is 5.26 Å². The van der Waals surface area contributed by atoms with Gasteiger partial charge in [-0.2, -0.15) is 5.26 Å². The Balaban J connectivity index is 2.62. The first-order chi connectivity index (χ1) is 7.64. The fourth-order valence-electron chi connectivity index (χ4n) is 2.30. The van der Waals surface area contributed by atoms with Gasteiger partial charge in [0.15, 0.2) is 0 Å². The summed E-state index contributed by atoms with van der Waals surface area (Å²) < 4.78 is 0. The van der Waals surface area contributed by atoms with Crippen LogP contribution >= 0.6 is 0 Å². The van der Waals surface area contributed by atoms with Crippen LogP contribution in [-0.4, -0.2) is 29.4 Å². The van der Waals surface area contributed by atoms with Gasteiger partial charge < -0.3 is 10.6 Å². The first-order valence-corrected chi connectivity index (χ1v) is 6.09. The first-order valence-electron chi connectivity index (χ1n) is 6.09. The largest absolute Gasteiger partial charge is 0.340 e. The highest BCUT2D eigenvalue weighted by molar-refractivity contribution is 5.86. The normalized spacial score (nSPS) is 18.8. The molecule has 1 amide bonds. The Bertz CT molecular complexity index is 276. The van der Waals surface area contributed by atoms with Crippen molar-refractivity contribution in [3.05, 3.63) is 0 Å². The van der Waals surface area contributed by atoms with Crippen LogP contribution in [-0.2, 0) is 4.79 Å². The second-order valence-electron chi connectivity index (χ2n) is 4.51. The average Bonchev–Trinajstić information content (AvgIpc) is 2.31. The number of carbonyl (C=O) groups is 1. The van der Waals surface area contributed by atoms with Gasteiger partial charge in [0.25, 0.3) is 0 Å². The van der Waals surface area contributed by atoms with E-state index in [9.17, 15) is 4.79 Å². The summed E-state index contributed by atoms with van der Waals surface area (Å²) in [4.78, 5) is 14.0. The van der Waals surface area contributed by atoms with Crippen LogP contribution in [0.2, 0.25) is 0 Å². The van der Waals surface area contributed by atoms with Gasteiger partial charge in [-0.1, -0.05) is 19.3 Å². The van der Waals surface area contributed by atoms with E-state index in [-0.39, 0.29) is 5.91 Å². The zero-order valence-corrected chi connectivity index (χ0v) is 10.0. The van der Waals surface area contributed by atoms with E-state index in [0.29, 0.717) is 19.5 Å². The molecule has 90 valence electrons. The molecule has 0 unspecified atom stereocenters. The summed E-state index contributed by atoms with van der Waals surface area (Å²) >= 11 is 0. The van der Waals surface area contributed by atoms with Gasteiger partial charge in [-0.05, 0) is 19.8 Å². The maximum atomic E-state index is 12.2. The molecule has 0 heterocycles. The average molecular weight is 223 g/mol. The molecule has 0 aromatic rings. The van der Waals surface area contributed by atoms with E-state index in [1.807, 2.05) is 6.92 Å². The van der Waals surface area contributed by atoms with Gasteiger partial charge in [0, 0.05) is 13.1 Å². The maximum Gasteiger partial charge on any atom is 0.242 e. The van der Waals surface area contributed by atoms with Crippen LogP contribution in [0.5, 0.6) is 0 Å². The van der Waals surface area contributed by atoms with E-state index in [1.54, 1.807) is 4.90 Å². The lowest BCUT2D eigenvalue weighted by atomic mass is 9.81. The monoisotopic (exact) mass is 223 g/mol. The minimum atomic E-state index is -0.663. The highest BCUT2D eigenvalue weighted by Gasteiger charge is 2.37. The summed E-state index contributed by atoms with van der Waals surface area (Å²) in [6, 6.07) is 2.07. The number of carbonyl (C=O) groups excluding carboxylic acids is 1. The van der Waals surface area contributed by atoms with Crippen LogP contribution in [0, 0.1) is 11.3 Å². The Hall–Kier alpha value is -1.08. The lowest BCUT2D eigenvalue weighted by molar-refractivity contribution is -0.138. The standard InChI is InChI=1S/C12H21N3O/c1-2-15(10-6-9-13)11(16)12(14)7-4-3-5-8-12/h2-8,10,14H2,1H3. The highest BCUT2D eigenvalue weighted by atomic mass is 16.2. The quantitative estimate of drug-likeness (QED) is 0.783. The van der Waals surface area contributed by atoms with E-state index >= 15 is 0 Å². The third kappa shape index (κ3) is 2.96. The summed E-state index contributed by atoms with van der Waals surface area (Å²) in [7, 11) is 0. The lowest BCUT2D eigenvalue weighted by Crippen LogP contribution is -2.56. The molecular formula is C12H21N3O. The van der Waals surface area contributed by atoms with E-state index in [4.69, 9.17) is 11.0 Å². The molecule has 0 saturated heterocycles. The van der Waals surface area contributed by atoms with Crippen LogP contribution in [0.4, 0.5) is 0 Å². The van der Waals surface area contributed by atoms with Crippen LogP contribution < -0.4 is 5.73 Å². The van der Waals surface area contributed by atoms with Gasteiger partial charge in [0.05, 0.1) is 18.0 Å². The molecule has 0 radical (unpaired) electrons. The van der Waals surface area contributed by atoms with Crippen LogP contribution in [0.3, 0.4) is 0 Å². The second-order valence-corrected chi connectivity index (χ2v) is 4.51. The smallest absolute Gasteiger partial charge is 0.242 e. The Kier molecular flexibility index (Phi) is 4.75. The molecule has 1 fully saturated rings. The SMILES string of the molecule is CCN(CCC#N)C(=O)C1(N)CCCCC1. The number of amides is 1. The van der Waals surface area contributed by atoms with Crippen molar-refractivity contribution in [3.8, 4) is 6.07 Å².